The van der Waals surface area contributed by atoms with E-state index < -0.39 is 6.04 Å². The molecule has 0 radical (unpaired) electrons. The number of hydrogen-bond donors (Lipinski definition) is 1. The third-order valence-corrected chi connectivity index (χ3v) is 6.75. The van der Waals surface area contributed by atoms with Crippen LogP contribution in [0.2, 0.25) is 5.02 Å². The van der Waals surface area contributed by atoms with Gasteiger partial charge < -0.3 is 15.1 Å². The molecule has 0 fully saturated rings. The van der Waals surface area contributed by atoms with Gasteiger partial charge in [-0.1, -0.05) is 47.1 Å². The molecule has 2 amide bonds. The predicted molar refractivity (Wildman–Crippen MR) is 156 cm³/mol. The molecule has 1 N–H and O–H groups in total. The third-order valence-electron chi connectivity index (χ3n) is 6.50. The summed E-state index contributed by atoms with van der Waals surface area (Å²) < 4.78 is 1.55. The smallest absolute Gasteiger partial charge is 0.251 e. The minimum absolute atomic E-state index is 0.102. The second kappa shape index (κ2) is 12.0. The van der Waals surface area contributed by atoms with Crippen molar-refractivity contribution in [2.75, 3.05) is 24.3 Å². The molecule has 0 spiro atoms. The molecule has 10 heteroatoms. The second-order valence-corrected chi connectivity index (χ2v) is 9.94. The number of hydrogen-bond acceptors (Lipinski definition) is 6. The van der Waals surface area contributed by atoms with Crippen LogP contribution in [0.4, 0.5) is 11.4 Å². The predicted octanol–water partition coefficient (Wildman–Crippen LogP) is 4.95. The molecule has 0 aliphatic heterocycles. The minimum atomic E-state index is -0.965. The number of carbonyl (C=O) groups excluding carboxylic acids is 2. The summed E-state index contributed by atoms with van der Waals surface area (Å²) in [4.78, 5) is 35.7. The van der Waals surface area contributed by atoms with Gasteiger partial charge in [-0.15, -0.1) is 5.10 Å². The van der Waals surface area contributed by atoms with Crippen LogP contribution in [0.25, 0.3) is 11.0 Å². The van der Waals surface area contributed by atoms with Gasteiger partial charge in [-0.05, 0) is 65.7 Å². The molecule has 0 aliphatic carbocycles. The maximum absolute atomic E-state index is 14.0. The van der Waals surface area contributed by atoms with Crippen LogP contribution < -0.4 is 10.2 Å². The summed E-state index contributed by atoms with van der Waals surface area (Å²) in [6.45, 7) is 0.0509. The number of rotatable bonds is 9. The molecule has 1 unspecified atom stereocenters. The lowest BCUT2D eigenvalue weighted by Crippen LogP contribution is -2.42. The maximum Gasteiger partial charge on any atom is 0.251 e. The molecule has 9 nitrogen and oxygen atoms in total. The molecule has 0 aliphatic rings. The second-order valence-electron chi connectivity index (χ2n) is 9.50. The Morgan fingerprint density at radius 3 is 2.40 bits per heavy atom. The summed E-state index contributed by atoms with van der Waals surface area (Å²) in [6.07, 6.45) is 3.35. The Labute approximate surface area is 237 Å². The highest BCUT2D eigenvalue weighted by atomic mass is 35.5. The molecule has 2 heterocycles. The average molecular weight is 554 g/mol. The Morgan fingerprint density at radius 1 is 0.950 bits per heavy atom. The van der Waals surface area contributed by atoms with Crippen LogP contribution in [-0.2, 0) is 22.7 Å². The molecule has 0 saturated heterocycles. The van der Waals surface area contributed by atoms with Gasteiger partial charge in [-0.3, -0.25) is 14.6 Å². The van der Waals surface area contributed by atoms with Crippen molar-refractivity contribution in [3.63, 3.8) is 0 Å². The van der Waals surface area contributed by atoms with Crippen molar-refractivity contribution in [3.8, 4) is 0 Å². The summed E-state index contributed by atoms with van der Waals surface area (Å²) in [6, 6.07) is 24.6. The number of aromatic nitrogens is 4. The lowest BCUT2D eigenvalue weighted by molar-refractivity contribution is -0.140. The number of benzene rings is 3. The van der Waals surface area contributed by atoms with Crippen molar-refractivity contribution in [2.45, 2.75) is 19.1 Å². The van der Waals surface area contributed by atoms with Gasteiger partial charge in [0, 0.05) is 49.4 Å². The number of halogens is 1. The maximum atomic E-state index is 14.0. The minimum Gasteiger partial charge on any atom is -0.378 e. The lowest BCUT2D eigenvalue weighted by Gasteiger charge is -2.31. The molecule has 1 atom stereocenters. The van der Waals surface area contributed by atoms with Crippen LogP contribution in [0.15, 0.2) is 97.3 Å². The Balaban J connectivity index is 1.52. The number of fused-ring (bicyclic) bond motifs is 1. The van der Waals surface area contributed by atoms with Crippen molar-refractivity contribution < 1.29 is 9.59 Å². The molecule has 5 aromatic rings. The monoisotopic (exact) mass is 553 g/mol. The van der Waals surface area contributed by atoms with Gasteiger partial charge in [0.2, 0.25) is 5.91 Å². The first-order valence-corrected chi connectivity index (χ1v) is 13.1. The fourth-order valence-electron chi connectivity index (χ4n) is 4.44. The van der Waals surface area contributed by atoms with Crippen molar-refractivity contribution in [1.82, 2.24) is 24.9 Å². The van der Waals surface area contributed by atoms with Crippen molar-refractivity contribution >= 4 is 45.8 Å². The summed E-state index contributed by atoms with van der Waals surface area (Å²) in [5, 5.41) is 11.9. The summed E-state index contributed by atoms with van der Waals surface area (Å²) >= 11 is 6.18. The summed E-state index contributed by atoms with van der Waals surface area (Å²) in [5.41, 5.74) is 4.42. The van der Waals surface area contributed by atoms with Gasteiger partial charge in [0.25, 0.3) is 5.91 Å². The van der Waals surface area contributed by atoms with Gasteiger partial charge in [0.05, 0.1) is 5.52 Å². The van der Waals surface area contributed by atoms with E-state index in [1.807, 2.05) is 73.6 Å². The summed E-state index contributed by atoms with van der Waals surface area (Å²) in [7, 11) is 3.90. The number of para-hydroxylation sites is 1. The zero-order valence-electron chi connectivity index (χ0n) is 22.1. The molecule has 0 bridgehead atoms. The van der Waals surface area contributed by atoms with E-state index in [1.54, 1.807) is 52.3 Å². The Morgan fingerprint density at radius 2 is 1.70 bits per heavy atom. The van der Waals surface area contributed by atoms with E-state index in [9.17, 15) is 9.59 Å². The first kappa shape index (κ1) is 26.8. The fourth-order valence-corrected chi connectivity index (χ4v) is 4.56. The Bertz CT molecular complexity index is 1600. The van der Waals surface area contributed by atoms with E-state index in [2.05, 4.69) is 20.6 Å². The van der Waals surface area contributed by atoms with Crippen molar-refractivity contribution in [2.24, 2.45) is 0 Å². The first-order chi connectivity index (χ1) is 19.4. The van der Waals surface area contributed by atoms with Crippen molar-refractivity contribution in [3.05, 3.63) is 113 Å². The molecule has 202 valence electrons. The van der Waals surface area contributed by atoms with Crippen LogP contribution in [0.3, 0.4) is 0 Å². The standard InChI is InChI=1S/C30H28ClN7O2/c1-36(2)25-15-13-24(14-16-25)33-30(40)29(22-9-11-23(31)12-10-22)37(19-21-6-5-17-32-18-21)28(39)20-38-27-8-4-3-7-26(27)34-35-38/h3-18,29H,19-20H2,1-2H3,(H,33,40). The lowest BCUT2D eigenvalue weighted by atomic mass is 10.0. The zero-order chi connectivity index (χ0) is 28.1. The zero-order valence-corrected chi connectivity index (χ0v) is 22.9. The van der Waals surface area contributed by atoms with E-state index in [0.717, 1.165) is 16.8 Å². The van der Waals surface area contributed by atoms with Crippen molar-refractivity contribution in [1.29, 1.82) is 0 Å². The average Bonchev–Trinajstić information content (AvgIpc) is 3.37. The number of pyridine rings is 1. The van der Waals surface area contributed by atoms with E-state index in [4.69, 9.17) is 11.6 Å². The van der Waals surface area contributed by atoms with Gasteiger partial charge >= 0.3 is 0 Å². The quantitative estimate of drug-likeness (QED) is 0.277. The topological polar surface area (TPSA) is 96.2 Å². The number of anilines is 2. The first-order valence-electron chi connectivity index (χ1n) is 12.7. The Hall–Kier alpha value is -4.76. The van der Waals surface area contributed by atoms with Crippen LogP contribution in [0, 0.1) is 0 Å². The van der Waals surface area contributed by atoms with E-state index in [0.29, 0.717) is 21.8 Å². The van der Waals surface area contributed by atoms with Crippen LogP contribution in [0.1, 0.15) is 17.2 Å². The SMILES string of the molecule is CN(C)c1ccc(NC(=O)C(c2ccc(Cl)cc2)N(Cc2cccnc2)C(=O)Cn2nnc3ccccc32)cc1. The van der Waals surface area contributed by atoms with E-state index >= 15 is 0 Å². The molecule has 2 aromatic heterocycles. The van der Waals surface area contributed by atoms with Crippen LogP contribution >= 0.6 is 11.6 Å². The number of amides is 2. The highest BCUT2D eigenvalue weighted by Gasteiger charge is 2.32. The highest BCUT2D eigenvalue weighted by Crippen LogP contribution is 2.28. The molecule has 5 rings (SSSR count). The van der Waals surface area contributed by atoms with Crippen LogP contribution in [-0.4, -0.2) is 50.8 Å². The largest absolute Gasteiger partial charge is 0.378 e. The van der Waals surface area contributed by atoms with E-state index in [1.165, 1.54) is 0 Å². The molecular formula is C30H28ClN7O2. The number of nitrogens with one attached hydrogen (secondary N) is 1. The van der Waals surface area contributed by atoms with Gasteiger partial charge in [-0.2, -0.15) is 0 Å². The van der Waals surface area contributed by atoms with Gasteiger partial charge in [0.15, 0.2) is 0 Å². The molecule has 3 aromatic carbocycles. The van der Waals surface area contributed by atoms with Gasteiger partial charge in [-0.25, -0.2) is 4.68 Å². The highest BCUT2D eigenvalue weighted by molar-refractivity contribution is 6.30. The van der Waals surface area contributed by atoms with Gasteiger partial charge in [0.1, 0.15) is 18.1 Å². The number of nitrogens with zero attached hydrogens (tertiary/aromatic N) is 6. The normalized spacial score (nSPS) is 11.7. The number of carbonyl (C=O) groups is 2. The Kier molecular flexibility index (Phi) is 8.02. The molecule has 0 saturated carbocycles. The van der Waals surface area contributed by atoms with Crippen LogP contribution in [0.5, 0.6) is 0 Å². The fraction of sp³-hybridized carbons (Fsp3) is 0.167. The third kappa shape index (κ3) is 6.10. The molecular weight excluding hydrogens is 526 g/mol. The summed E-state index contributed by atoms with van der Waals surface area (Å²) in [5.74, 6) is -0.668. The van der Waals surface area contributed by atoms with E-state index in [-0.39, 0.29) is 24.9 Å². The molecule has 40 heavy (non-hydrogen) atoms.